The molecule has 4 aromatic rings. The fourth-order valence-electron chi connectivity index (χ4n) is 5.40. The van der Waals surface area contributed by atoms with Crippen molar-refractivity contribution < 1.29 is 27.5 Å². The minimum atomic E-state index is -4.54. The highest BCUT2D eigenvalue weighted by molar-refractivity contribution is 7.19. The van der Waals surface area contributed by atoms with Gasteiger partial charge in [-0.3, -0.25) is 9.69 Å². The second-order valence-corrected chi connectivity index (χ2v) is 12.0. The first-order valence-electron chi connectivity index (χ1n) is 14.5. The first-order chi connectivity index (χ1) is 21.6. The number of ether oxygens (including phenoxy) is 1. The molecule has 6 rings (SSSR count). The fourth-order valence-corrected chi connectivity index (χ4v) is 6.37. The number of piperidine rings is 1. The number of urea groups is 1. The summed E-state index contributed by atoms with van der Waals surface area (Å²) in [6, 6.07) is 10.1. The van der Waals surface area contributed by atoms with Crippen molar-refractivity contribution in [3.63, 3.8) is 0 Å². The number of rotatable bonds is 7. The van der Waals surface area contributed by atoms with Gasteiger partial charge in [0.1, 0.15) is 5.75 Å². The summed E-state index contributed by atoms with van der Waals surface area (Å²) in [6.07, 6.45) is 2.85. The number of hydrogen-bond donors (Lipinski definition) is 2. The lowest BCUT2D eigenvalue weighted by atomic mass is 9.87. The maximum absolute atomic E-state index is 13.5. The molecular weight excluding hydrogens is 607 g/mol. The van der Waals surface area contributed by atoms with E-state index in [1.54, 1.807) is 23.2 Å². The summed E-state index contributed by atoms with van der Waals surface area (Å²) >= 11 is 1.45. The zero-order valence-electron chi connectivity index (χ0n) is 24.3. The van der Waals surface area contributed by atoms with Gasteiger partial charge in [-0.25, -0.2) is 19.7 Å². The van der Waals surface area contributed by atoms with Gasteiger partial charge in [-0.2, -0.15) is 13.2 Å². The van der Waals surface area contributed by atoms with E-state index in [-0.39, 0.29) is 29.2 Å². The molecule has 0 bridgehead atoms. The van der Waals surface area contributed by atoms with Crippen molar-refractivity contribution in [3.05, 3.63) is 72.2 Å². The molecule has 2 aromatic carbocycles. The highest BCUT2D eigenvalue weighted by Gasteiger charge is 2.32. The molecule has 0 atom stereocenters. The average Bonchev–Trinajstić information content (AvgIpc) is 3.68. The van der Waals surface area contributed by atoms with Crippen LogP contribution in [-0.4, -0.2) is 58.5 Å². The molecule has 10 nitrogen and oxygen atoms in total. The van der Waals surface area contributed by atoms with Crippen molar-refractivity contribution in [2.75, 3.05) is 42.2 Å². The number of thiazole rings is 1. The van der Waals surface area contributed by atoms with Gasteiger partial charge in [0.2, 0.25) is 5.91 Å². The van der Waals surface area contributed by atoms with Gasteiger partial charge < -0.3 is 20.3 Å². The molecule has 234 valence electrons. The molecule has 2 aliphatic heterocycles. The summed E-state index contributed by atoms with van der Waals surface area (Å²) in [7, 11) is 2.00. The molecule has 2 saturated heterocycles. The Bertz CT molecular complexity index is 1670. The van der Waals surface area contributed by atoms with Crippen molar-refractivity contribution in [2.45, 2.75) is 37.8 Å². The fraction of sp³-hybridized carbons (Fsp3) is 0.323. The maximum atomic E-state index is 13.5. The Morgan fingerprint density at radius 3 is 2.38 bits per heavy atom. The lowest BCUT2D eigenvalue weighted by molar-refractivity contribution is -0.137. The van der Waals surface area contributed by atoms with Gasteiger partial charge in [-0.05, 0) is 92.8 Å². The van der Waals surface area contributed by atoms with Crippen LogP contribution in [0.3, 0.4) is 0 Å². The number of amides is 3. The van der Waals surface area contributed by atoms with Gasteiger partial charge >= 0.3 is 18.2 Å². The standard InChI is InChI=1S/C31H30F3N7O3S/c1-40-13-10-19(11-14-40)24-9-6-21(31(32,33)34)15-25(24)39-28(43)38-22-16-35-29(36-17-22)44-23-7-4-20(5-8-23)26-18-37-30(45-26)41-12-2-3-27(41)42/h4-9,15-19H,2-3,10-14H2,1H3,(H2,38,39,43). The summed E-state index contributed by atoms with van der Waals surface area (Å²) in [6.45, 7) is 2.33. The van der Waals surface area contributed by atoms with Crippen LogP contribution in [0.15, 0.2) is 61.1 Å². The number of carbonyl (C=O) groups excluding carboxylic acids is 2. The van der Waals surface area contributed by atoms with E-state index in [2.05, 4.69) is 30.5 Å². The van der Waals surface area contributed by atoms with Crippen LogP contribution in [0.5, 0.6) is 11.8 Å². The van der Waals surface area contributed by atoms with Crippen molar-refractivity contribution >= 4 is 39.8 Å². The summed E-state index contributed by atoms with van der Waals surface area (Å²) in [5.41, 5.74) is 1.13. The number of halogens is 3. The zero-order chi connectivity index (χ0) is 31.6. The molecule has 2 aromatic heterocycles. The van der Waals surface area contributed by atoms with Crippen molar-refractivity contribution in [1.29, 1.82) is 0 Å². The van der Waals surface area contributed by atoms with E-state index in [9.17, 15) is 22.8 Å². The van der Waals surface area contributed by atoms with Gasteiger partial charge in [0.25, 0.3) is 0 Å². The minimum Gasteiger partial charge on any atom is -0.424 e. The minimum absolute atomic E-state index is 0.0349. The molecule has 2 aliphatic rings. The number of aromatic nitrogens is 3. The topological polar surface area (TPSA) is 113 Å². The molecular formula is C31H30F3N7O3S. The second-order valence-electron chi connectivity index (χ2n) is 11.0. The van der Waals surface area contributed by atoms with Crippen LogP contribution < -0.4 is 20.3 Å². The van der Waals surface area contributed by atoms with E-state index in [1.807, 2.05) is 19.2 Å². The molecule has 14 heteroatoms. The van der Waals surface area contributed by atoms with Crippen molar-refractivity contribution in [1.82, 2.24) is 19.9 Å². The van der Waals surface area contributed by atoms with Crippen LogP contribution in [0, 0.1) is 0 Å². The average molecular weight is 638 g/mol. The number of benzene rings is 2. The third-order valence-corrected chi connectivity index (χ3v) is 8.89. The van der Waals surface area contributed by atoms with Crippen LogP contribution in [0.25, 0.3) is 10.4 Å². The molecule has 0 saturated carbocycles. The largest absolute Gasteiger partial charge is 0.424 e. The van der Waals surface area contributed by atoms with E-state index >= 15 is 0 Å². The maximum Gasteiger partial charge on any atom is 0.416 e. The Balaban J connectivity index is 1.07. The first-order valence-corrected chi connectivity index (χ1v) is 15.3. The Labute approximate surface area is 261 Å². The first kappa shape index (κ1) is 30.5. The normalized spacial score (nSPS) is 16.2. The third-order valence-electron chi connectivity index (χ3n) is 7.82. The van der Waals surface area contributed by atoms with E-state index in [0.717, 1.165) is 54.9 Å². The van der Waals surface area contributed by atoms with E-state index in [1.165, 1.54) is 29.8 Å². The SMILES string of the molecule is CN1CCC(c2ccc(C(F)(F)F)cc2NC(=O)Nc2cnc(Oc3ccc(-c4cnc(N5CCCC5=O)s4)cc3)nc2)CC1. The molecule has 0 unspecified atom stereocenters. The predicted molar refractivity (Wildman–Crippen MR) is 165 cm³/mol. The van der Waals surface area contributed by atoms with E-state index in [4.69, 9.17) is 4.74 Å². The van der Waals surface area contributed by atoms with Gasteiger partial charge in [-0.15, -0.1) is 0 Å². The lowest BCUT2D eigenvalue weighted by Gasteiger charge is -2.30. The smallest absolute Gasteiger partial charge is 0.416 e. The van der Waals surface area contributed by atoms with Crippen LogP contribution in [0.4, 0.5) is 34.5 Å². The predicted octanol–water partition coefficient (Wildman–Crippen LogP) is 6.99. The number of anilines is 3. The third kappa shape index (κ3) is 7.23. The molecule has 45 heavy (non-hydrogen) atoms. The molecule has 3 amide bonds. The molecule has 4 heterocycles. The Kier molecular flexibility index (Phi) is 8.67. The van der Waals surface area contributed by atoms with Gasteiger partial charge in [-0.1, -0.05) is 17.4 Å². The highest BCUT2D eigenvalue weighted by atomic mass is 32.1. The molecule has 0 spiro atoms. The summed E-state index contributed by atoms with van der Waals surface area (Å²) in [5, 5.41) is 5.87. The zero-order valence-corrected chi connectivity index (χ0v) is 25.1. The summed E-state index contributed by atoms with van der Waals surface area (Å²) < 4.78 is 46.1. The number of carbonyl (C=O) groups is 2. The van der Waals surface area contributed by atoms with Crippen LogP contribution >= 0.6 is 11.3 Å². The van der Waals surface area contributed by atoms with E-state index in [0.29, 0.717) is 29.4 Å². The van der Waals surface area contributed by atoms with Crippen LogP contribution in [-0.2, 0) is 11.0 Å². The monoisotopic (exact) mass is 637 g/mol. The van der Waals surface area contributed by atoms with Gasteiger partial charge in [0, 0.05) is 24.8 Å². The highest BCUT2D eigenvalue weighted by Crippen LogP contribution is 2.38. The van der Waals surface area contributed by atoms with Crippen LogP contribution in [0.1, 0.15) is 42.7 Å². The lowest BCUT2D eigenvalue weighted by Crippen LogP contribution is -2.30. The number of likely N-dealkylation sites (tertiary alicyclic amines) is 1. The number of nitrogens with zero attached hydrogens (tertiary/aromatic N) is 5. The summed E-state index contributed by atoms with van der Waals surface area (Å²) in [5.74, 6) is 0.615. The molecule has 0 aliphatic carbocycles. The summed E-state index contributed by atoms with van der Waals surface area (Å²) in [4.78, 5) is 42.3. The number of alkyl halides is 3. The van der Waals surface area contributed by atoms with Crippen molar-refractivity contribution in [2.24, 2.45) is 0 Å². The second kappa shape index (κ2) is 12.8. The van der Waals surface area contributed by atoms with Crippen LogP contribution in [0.2, 0.25) is 0 Å². The Morgan fingerprint density at radius 1 is 0.978 bits per heavy atom. The van der Waals surface area contributed by atoms with E-state index < -0.39 is 17.8 Å². The van der Waals surface area contributed by atoms with Crippen molar-refractivity contribution in [3.8, 4) is 22.2 Å². The Hall–Kier alpha value is -4.56. The molecule has 2 fully saturated rings. The van der Waals surface area contributed by atoms with Gasteiger partial charge in [0.05, 0.1) is 28.5 Å². The van der Waals surface area contributed by atoms with Gasteiger partial charge in [0.15, 0.2) is 5.13 Å². The number of nitrogens with one attached hydrogen (secondary N) is 2. The quantitative estimate of drug-likeness (QED) is 0.225. The molecule has 2 N–H and O–H groups in total. The Morgan fingerprint density at radius 2 is 1.71 bits per heavy atom. The number of hydrogen-bond acceptors (Lipinski definition) is 8. The molecule has 0 radical (unpaired) electrons.